The lowest BCUT2D eigenvalue weighted by atomic mass is 9.81. The number of allylic oxidation sites excluding steroid dienone is 1. The SMILES string of the molecule is CC(=NCc1ccc(C#CC2CN(C(=O)C3CCC(C#Cc4ccc5c(c4)C(=O)N(C4CCC(=O)NC4=O)C5)CC3)C2)cc1)/C(C)=C(\N)c1ccc(C#N)c(Cl)c1. The molecule has 0 bridgehead atoms. The number of benzene rings is 3. The van der Waals surface area contributed by atoms with Crippen LogP contribution in [0.4, 0.5) is 0 Å². The number of fused-ring (bicyclic) bond motifs is 1. The molecule has 1 saturated carbocycles. The smallest absolute Gasteiger partial charge is 0.255 e. The Labute approximate surface area is 338 Å². The van der Waals surface area contributed by atoms with Gasteiger partial charge in [0.15, 0.2) is 0 Å². The molecule has 4 aliphatic rings. The number of halogens is 1. The van der Waals surface area contributed by atoms with Crippen LogP contribution in [0, 0.1) is 52.8 Å². The van der Waals surface area contributed by atoms with Crippen LogP contribution in [-0.2, 0) is 27.5 Å². The lowest BCUT2D eigenvalue weighted by Crippen LogP contribution is -2.52. The highest BCUT2D eigenvalue weighted by atomic mass is 35.5. The number of rotatable bonds is 6. The van der Waals surface area contributed by atoms with Crippen molar-refractivity contribution in [2.75, 3.05) is 13.1 Å². The average Bonchev–Trinajstić information content (AvgIpc) is 3.53. The van der Waals surface area contributed by atoms with E-state index in [1.807, 2.05) is 55.1 Å². The van der Waals surface area contributed by atoms with Crippen molar-refractivity contribution < 1.29 is 19.2 Å². The first-order valence-corrected chi connectivity index (χ1v) is 19.7. The highest BCUT2D eigenvalue weighted by Crippen LogP contribution is 2.32. The van der Waals surface area contributed by atoms with E-state index in [2.05, 4.69) is 35.1 Å². The molecule has 3 heterocycles. The summed E-state index contributed by atoms with van der Waals surface area (Å²) in [6.45, 7) is 5.99. The van der Waals surface area contributed by atoms with Gasteiger partial charge >= 0.3 is 0 Å². The summed E-state index contributed by atoms with van der Waals surface area (Å²) in [5.41, 5.74) is 13.9. The number of nitrogens with two attached hydrogens (primary N) is 1. The Morgan fingerprint density at radius 3 is 2.32 bits per heavy atom. The predicted molar refractivity (Wildman–Crippen MR) is 218 cm³/mol. The molecule has 10 nitrogen and oxygen atoms in total. The van der Waals surface area contributed by atoms with Gasteiger partial charge in [0, 0.05) is 66.0 Å². The van der Waals surface area contributed by atoms with E-state index in [0.29, 0.717) is 54.4 Å². The summed E-state index contributed by atoms with van der Waals surface area (Å²) in [5.74, 6) is 12.9. The molecule has 4 amide bonds. The summed E-state index contributed by atoms with van der Waals surface area (Å²) in [5, 5.41) is 11.8. The maximum absolute atomic E-state index is 13.3. The molecule has 1 unspecified atom stereocenters. The Morgan fingerprint density at radius 1 is 0.912 bits per heavy atom. The number of nitrogens with one attached hydrogen (secondary N) is 1. The third-order valence-corrected chi connectivity index (χ3v) is 11.8. The molecule has 1 atom stereocenters. The number of amides is 4. The first kappa shape index (κ1) is 39.1. The van der Waals surface area contributed by atoms with Gasteiger partial charge in [-0.05, 0) is 105 Å². The molecule has 3 aromatic carbocycles. The van der Waals surface area contributed by atoms with Gasteiger partial charge in [-0.2, -0.15) is 5.26 Å². The number of nitriles is 1. The molecular weight excluding hydrogens is 736 g/mol. The summed E-state index contributed by atoms with van der Waals surface area (Å²) in [6.07, 6.45) is 3.88. The second-order valence-corrected chi connectivity index (χ2v) is 15.7. The lowest BCUT2D eigenvalue weighted by Gasteiger charge is -2.39. The minimum absolute atomic E-state index is 0.0110. The molecule has 0 spiro atoms. The first-order chi connectivity index (χ1) is 27.5. The molecule has 1 aliphatic carbocycles. The van der Waals surface area contributed by atoms with Crippen molar-refractivity contribution in [3.8, 4) is 29.8 Å². The van der Waals surface area contributed by atoms with Crippen molar-refractivity contribution in [2.45, 2.75) is 71.5 Å². The van der Waals surface area contributed by atoms with Crippen molar-refractivity contribution in [3.63, 3.8) is 0 Å². The highest BCUT2D eigenvalue weighted by Gasteiger charge is 2.39. The topological polar surface area (TPSA) is 149 Å². The number of hydrogen-bond acceptors (Lipinski definition) is 7. The highest BCUT2D eigenvalue weighted by molar-refractivity contribution is 6.32. The Morgan fingerprint density at radius 2 is 1.61 bits per heavy atom. The Bertz CT molecular complexity index is 2370. The third kappa shape index (κ3) is 8.81. The van der Waals surface area contributed by atoms with Crippen LogP contribution in [0.2, 0.25) is 5.02 Å². The van der Waals surface area contributed by atoms with Crippen molar-refractivity contribution >= 4 is 46.6 Å². The molecule has 3 aromatic rings. The van der Waals surface area contributed by atoms with E-state index in [1.165, 1.54) is 0 Å². The van der Waals surface area contributed by atoms with E-state index in [-0.39, 0.29) is 41.9 Å². The Kier molecular flexibility index (Phi) is 11.6. The van der Waals surface area contributed by atoms with Gasteiger partial charge in [-0.15, -0.1) is 0 Å². The first-order valence-electron chi connectivity index (χ1n) is 19.3. The molecule has 7 rings (SSSR count). The average molecular weight is 779 g/mol. The van der Waals surface area contributed by atoms with Crippen LogP contribution in [0.25, 0.3) is 5.70 Å². The van der Waals surface area contributed by atoms with Crippen LogP contribution in [0.15, 0.2) is 71.2 Å². The molecule has 0 radical (unpaired) electrons. The number of likely N-dealkylation sites (tertiary alicyclic amines) is 1. The predicted octanol–water partition coefficient (Wildman–Crippen LogP) is 5.99. The maximum atomic E-state index is 13.3. The van der Waals surface area contributed by atoms with Crippen LogP contribution in [0.5, 0.6) is 0 Å². The van der Waals surface area contributed by atoms with Gasteiger partial charge in [0.2, 0.25) is 17.7 Å². The fourth-order valence-corrected chi connectivity index (χ4v) is 7.93. The zero-order chi connectivity index (χ0) is 40.2. The number of hydrogen-bond donors (Lipinski definition) is 2. The molecule has 0 aromatic heterocycles. The summed E-state index contributed by atoms with van der Waals surface area (Å²) < 4.78 is 0. The monoisotopic (exact) mass is 778 g/mol. The van der Waals surface area contributed by atoms with Crippen LogP contribution in [0.3, 0.4) is 0 Å². The van der Waals surface area contributed by atoms with Crippen LogP contribution in [-0.4, -0.2) is 58.3 Å². The summed E-state index contributed by atoms with van der Waals surface area (Å²) in [7, 11) is 0. The van der Waals surface area contributed by atoms with E-state index in [0.717, 1.165) is 64.8 Å². The summed E-state index contributed by atoms with van der Waals surface area (Å²) >= 11 is 6.19. The van der Waals surface area contributed by atoms with Gasteiger partial charge in [0.05, 0.1) is 23.0 Å². The number of carbonyl (C=O) groups is 4. The fraction of sp³-hybridized carbons (Fsp3) is 0.348. The lowest BCUT2D eigenvalue weighted by molar-refractivity contribution is -0.142. The van der Waals surface area contributed by atoms with E-state index in [1.54, 1.807) is 29.2 Å². The quantitative estimate of drug-likeness (QED) is 0.179. The zero-order valence-electron chi connectivity index (χ0n) is 32.0. The van der Waals surface area contributed by atoms with Crippen molar-refractivity contribution in [3.05, 3.63) is 110 Å². The molecule has 11 heteroatoms. The largest absolute Gasteiger partial charge is 0.398 e. The molecule has 2 saturated heterocycles. The Balaban J connectivity index is 0.844. The fourth-order valence-electron chi connectivity index (χ4n) is 7.70. The zero-order valence-corrected chi connectivity index (χ0v) is 32.8. The molecule has 288 valence electrons. The van der Waals surface area contributed by atoms with Gasteiger partial charge in [-0.3, -0.25) is 29.5 Å². The van der Waals surface area contributed by atoms with E-state index in [9.17, 15) is 19.2 Å². The minimum Gasteiger partial charge on any atom is -0.398 e. The molecule has 57 heavy (non-hydrogen) atoms. The van der Waals surface area contributed by atoms with Crippen LogP contribution >= 0.6 is 11.6 Å². The summed E-state index contributed by atoms with van der Waals surface area (Å²) in [4.78, 5) is 58.6. The Hall–Kier alpha value is -6.15. The van der Waals surface area contributed by atoms with Crippen molar-refractivity contribution in [1.82, 2.24) is 15.1 Å². The molecule has 3 N–H and O–H groups in total. The van der Waals surface area contributed by atoms with Crippen molar-refractivity contribution in [1.29, 1.82) is 5.26 Å². The van der Waals surface area contributed by atoms with Gasteiger partial charge in [0.1, 0.15) is 12.1 Å². The second-order valence-electron chi connectivity index (χ2n) is 15.2. The third-order valence-electron chi connectivity index (χ3n) is 11.4. The normalized spacial score (nSPS) is 21.2. The number of imide groups is 1. The van der Waals surface area contributed by atoms with Gasteiger partial charge < -0.3 is 15.5 Å². The number of nitrogens with zero attached hydrogens (tertiary/aromatic N) is 4. The number of aliphatic imine (C=N–C) groups is 1. The molecular formula is C46H43ClN6O4. The standard InChI is InChI=1S/C46H43ClN6O4/c1-28(43(49)36-17-18-37(23-48)40(47)22-36)29(2)50-24-33-8-4-30(5-9-33)6-10-34-25-52(26-34)45(56)35-14-11-31(12-15-35)3-7-32-13-16-38-27-53(46(57)39(38)21-32)41-19-20-42(54)51-44(41)55/h4-5,8-9,13,16-18,21-22,31,34-35,41H,11-12,14-15,19-20,24-27,49H2,1-2H3,(H,51,54,55)/b43-28-,50-29?. The van der Waals surface area contributed by atoms with Gasteiger partial charge in [0.25, 0.3) is 5.91 Å². The van der Waals surface area contributed by atoms with Crippen molar-refractivity contribution in [2.24, 2.45) is 28.5 Å². The van der Waals surface area contributed by atoms with Crippen LogP contribution in [0.1, 0.15) is 96.1 Å². The minimum atomic E-state index is -0.637. The number of carbonyl (C=O) groups excluding carboxylic acids is 4. The molecule has 3 aliphatic heterocycles. The van der Waals surface area contributed by atoms with E-state index < -0.39 is 11.9 Å². The van der Waals surface area contributed by atoms with Crippen LogP contribution < -0.4 is 11.1 Å². The summed E-state index contributed by atoms with van der Waals surface area (Å²) in [6, 6.07) is 20.2. The number of piperidine rings is 1. The second kappa shape index (κ2) is 16.9. The maximum Gasteiger partial charge on any atom is 0.255 e. The van der Waals surface area contributed by atoms with Gasteiger partial charge in [-0.25, -0.2) is 0 Å². The van der Waals surface area contributed by atoms with E-state index >= 15 is 0 Å². The van der Waals surface area contributed by atoms with E-state index in [4.69, 9.17) is 27.6 Å². The van der Waals surface area contributed by atoms with Gasteiger partial charge in [-0.1, -0.05) is 59.5 Å². The molecule has 3 fully saturated rings.